The molecule has 3 aromatic rings. The highest BCUT2D eigenvalue weighted by molar-refractivity contribution is 5.63. The van der Waals surface area contributed by atoms with Crippen molar-refractivity contribution in [2.75, 3.05) is 11.9 Å². The van der Waals surface area contributed by atoms with Crippen LogP contribution in [0, 0.1) is 18.3 Å². The minimum atomic E-state index is 0.559. The van der Waals surface area contributed by atoms with Gasteiger partial charge in [-0.3, -0.25) is 0 Å². The minimum absolute atomic E-state index is 0.559. The molecular formula is C14H12N6. The molecule has 3 rings (SSSR count). The van der Waals surface area contributed by atoms with Gasteiger partial charge >= 0.3 is 0 Å². The second-order valence-electron chi connectivity index (χ2n) is 4.45. The van der Waals surface area contributed by atoms with Crippen molar-refractivity contribution in [2.45, 2.75) is 6.92 Å². The van der Waals surface area contributed by atoms with Crippen LogP contribution in [0.5, 0.6) is 0 Å². The lowest BCUT2D eigenvalue weighted by Gasteiger charge is -2.20. The first kappa shape index (κ1) is 12.1. The average molecular weight is 264 g/mol. The molecule has 0 atom stereocenters. The van der Waals surface area contributed by atoms with Crippen molar-refractivity contribution in [3.8, 4) is 6.07 Å². The van der Waals surface area contributed by atoms with Crippen molar-refractivity contribution >= 4 is 17.3 Å². The smallest absolute Gasteiger partial charge is 0.254 e. The van der Waals surface area contributed by atoms with Gasteiger partial charge in [0, 0.05) is 24.5 Å². The average Bonchev–Trinajstić information content (AvgIpc) is 2.93. The molecular weight excluding hydrogens is 252 g/mol. The lowest BCUT2D eigenvalue weighted by molar-refractivity contribution is 0.903. The van der Waals surface area contributed by atoms with Crippen LogP contribution in [-0.2, 0) is 0 Å². The summed E-state index contributed by atoms with van der Waals surface area (Å²) in [4.78, 5) is 10.4. The van der Waals surface area contributed by atoms with Gasteiger partial charge in [0.1, 0.15) is 12.1 Å². The molecule has 6 nitrogen and oxygen atoms in total. The van der Waals surface area contributed by atoms with Gasteiger partial charge in [-0.1, -0.05) is 6.07 Å². The Morgan fingerprint density at radius 1 is 1.30 bits per heavy atom. The van der Waals surface area contributed by atoms with Crippen LogP contribution in [-0.4, -0.2) is 26.6 Å². The Bertz CT molecular complexity index is 814. The Labute approximate surface area is 115 Å². The van der Waals surface area contributed by atoms with Crippen LogP contribution in [0.15, 0.2) is 36.7 Å². The second kappa shape index (κ2) is 4.63. The summed E-state index contributed by atoms with van der Waals surface area (Å²) in [5, 5.41) is 13.2. The molecule has 6 heteroatoms. The maximum absolute atomic E-state index is 8.99. The number of anilines is 2. The molecule has 0 saturated carbocycles. The summed E-state index contributed by atoms with van der Waals surface area (Å²) in [7, 11) is 1.92. The molecule has 0 aliphatic carbocycles. The molecule has 2 heterocycles. The third-order valence-electron chi connectivity index (χ3n) is 3.07. The molecule has 0 unspecified atom stereocenters. The lowest BCUT2D eigenvalue weighted by Crippen LogP contribution is -2.15. The van der Waals surface area contributed by atoms with Gasteiger partial charge in [-0.15, -0.1) is 0 Å². The number of aromatic nitrogens is 4. The summed E-state index contributed by atoms with van der Waals surface area (Å²) in [5.74, 6) is 1.41. The molecule has 1 aromatic carbocycles. The van der Waals surface area contributed by atoms with Crippen LogP contribution >= 0.6 is 0 Å². The highest BCUT2D eigenvalue weighted by Crippen LogP contribution is 2.24. The van der Waals surface area contributed by atoms with Crippen LogP contribution < -0.4 is 4.90 Å². The minimum Gasteiger partial charge on any atom is -0.329 e. The number of aryl methyl sites for hydroxylation is 1. The summed E-state index contributed by atoms with van der Waals surface area (Å²) in [5.41, 5.74) is 2.39. The SMILES string of the molecule is Cc1cc(N(C)c2cccc(C#N)c2)n2ncnc2n1. The molecule has 0 bridgehead atoms. The van der Waals surface area contributed by atoms with Crippen molar-refractivity contribution in [1.82, 2.24) is 19.6 Å². The van der Waals surface area contributed by atoms with E-state index in [1.165, 1.54) is 6.33 Å². The van der Waals surface area contributed by atoms with Gasteiger partial charge in [-0.2, -0.15) is 19.9 Å². The normalized spacial score (nSPS) is 10.4. The zero-order valence-electron chi connectivity index (χ0n) is 11.1. The number of nitriles is 1. The van der Waals surface area contributed by atoms with Gasteiger partial charge in [0.05, 0.1) is 11.6 Å². The van der Waals surface area contributed by atoms with E-state index in [1.807, 2.05) is 43.1 Å². The summed E-state index contributed by atoms with van der Waals surface area (Å²) >= 11 is 0. The zero-order valence-corrected chi connectivity index (χ0v) is 11.1. The molecule has 0 aliphatic rings. The molecule has 0 radical (unpaired) electrons. The van der Waals surface area contributed by atoms with E-state index in [0.29, 0.717) is 11.3 Å². The van der Waals surface area contributed by atoms with E-state index in [2.05, 4.69) is 21.1 Å². The van der Waals surface area contributed by atoms with Crippen molar-refractivity contribution in [3.05, 3.63) is 47.9 Å². The predicted molar refractivity (Wildman–Crippen MR) is 74.7 cm³/mol. The predicted octanol–water partition coefficient (Wildman–Crippen LogP) is 2.07. The molecule has 0 N–H and O–H groups in total. The first-order valence-corrected chi connectivity index (χ1v) is 6.10. The van der Waals surface area contributed by atoms with Crippen LogP contribution in [0.1, 0.15) is 11.3 Å². The van der Waals surface area contributed by atoms with E-state index in [-0.39, 0.29) is 0 Å². The summed E-state index contributed by atoms with van der Waals surface area (Å²) in [6.45, 7) is 1.91. The third-order valence-corrected chi connectivity index (χ3v) is 3.07. The number of rotatable bonds is 2. The Morgan fingerprint density at radius 3 is 2.95 bits per heavy atom. The summed E-state index contributed by atoms with van der Waals surface area (Å²) < 4.78 is 1.67. The maximum atomic E-state index is 8.99. The Kier molecular flexibility index (Phi) is 2.80. The Morgan fingerprint density at radius 2 is 2.15 bits per heavy atom. The second-order valence-corrected chi connectivity index (χ2v) is 4.45. The fourth-order valence-electron chi connectivity index (χ4n) is 2.07. The van der Waals surface area contributed by atoms with E-state index >= 15 is 0 Å². The van der Waals surface area contributed by atoms with E-state index in [1.54, 1.807) is 10.6 Å². The van der Waals surface area contributed by atoms with Crippen molar-refractivity contribution < 1.29 is 0 Å². The monoisotopic (exact) mass is 264 g/mol. The molecule has 0 spiro atoms. The van der Waals surface area contributed by atoms with Crippen LogP contribution in [0.3, 0.4) is 0 Å². The first-order valence-electron chi connectivity index (χ1n) is 6.10. The number of fused-ring (bicyclic) bond motifs is 1. The molecule has 0 amide bonds. The molecule has 0 aliphatic heterocycles. The standard InChI is InChI=1S/C14H12N6/c1-10-6-13(20-14(18-10)16-9-17-20)19(2)12-5-3-4-11(7-12)8-15/h3-7,9H,1-2H3. The highest BCUT2D eigenvalue weighted by atomic mass is 15.4. The van der Waals surface area contributed by atoms with Gasteiger partial charge in [0.2, 0.25) is 0 Å². The largest absolute Gasteiger partial charge is 0.329 e. The lowest BCUT2D eigenvalue weighted by atomic mass is 10.2. The fraction of sp³-hybridized carbons (Fsp3) is 0.143. The zero-order chi connectivity index (χ0) is 14.1. The quantitative estimate of drug-likeness (QED) is 0.708. The van der Waals surface area contributed by atoms with Crippen molar-refractivity contribution in [2.24, 2.45) is 0 Å². The van der Waals surface area contributed by atoms with E-state index < -0.39 is 0 Å². The van der Waals surface area contributed by atoms with Gasteiger partial charge in [-0.05, 0) is 25.1 Å². The van der Waals surface area contributed by atoms with Crippen LogP contribution in [0.2, 0.25) is 0 Å². The molecule has 20 heavy (non-hydrogen) atoms. The summed E-state index contributed by atoms with van der Waals surface area (Å²) in [6.07, 6.45) is 1.48. The fourth-order valence-corrected chi connectivity index (χ4v) is 2.07. The van der Waals surface area contributed by atoms with E-state index in [9.17, 15) is 0 Å². The molecule has 0 fully saturated rings. The van der Waals surface area contributed by atoms with Crippen molar-refractivity contribution in [1.29, 1.82) is 5.26 Å². The van der Waals surface area contributed by atoms with E-state index in [4.69, 9.17) is 5.26 Å². The van der Waals surface area contributed by atoms with Gasteiger partial charge in [-0.25, -0.2) is 4.98 Å². The number of hydrogen-bond donors (Lipinski definition) is 0. The van der Waals surface area contributed by atoms with E-state index in [0.717, 1.165) is 17.2 Å². The molecule has 0 saturated heterocycles. The highest BCUT2D eigenvalue weighted by Gasteiger charge is 2.11. The van der Waals surface area contributed by atoms with Gasteiger partial charge in [0.25, 0.3) is 5.78 Å². The maximum Gasteiger partial charge on any atom is 0.254 e. The number of benzene rings is 1. The van der Waals surface area contributed by atoms with Crippen molar-refractivity contribution in [3.63, 3.8) is 0 Å². The third kappa shape index (κ3) is 1.95. The van der Waals surface area contributed by atoms with Crippen LogP contribution in [0.25, 0.3) is 5.78 Å². The number of hydrogen-bond acceptors (Lipinski definition) is 5. The Hall–Kier alpha value is -2.94. The topological polar surface area (TPSA) is 70.1 Å². The Balaban J connectivity index is 2.14. The molecule has 2 aromatic heterocycles. The van der Waals surface area contributed by atoms with Crippen LogP contribution in [0.4, 0.5) is 11.5 Å². The van der Waals surface area contributed by atoms with Gasteiger partial charge < -0.3 is 4.90 Å². The van der Waals surface area contributed by atoms with Gasteiger partial charge in [0.15, 0.2) is 0 Å². The molecule has 98 valence electrons. The summed E-state index contributed by atoms with van der Waals surface area (Å²) in [6, 6.07) is 11.5. The number of nitrogens with zero attached hydrogens (tertiary/aromatic N) is 6. The first-order chi connectivity index (χ1) is 9.69.